The molecule has 0 unspecified atom stereocenters. The van der Waals surface area contributed by atoms with Crippen molar-refractivity contribution in [3.05, 3.63) is 99.6 Å². The van der Waals surface area contributed by atoms with Crippen LogP contribution in [0.15, 0.2) is 72.8 Å². The average Bonchev–Trinajstić information content (AvgIpc) is 2.67. The normalized spacial score (nSPS) is 12.6. The molecule has 0 amide bonds. The molecule has 0 fully saturated rings. The van der Waals surface area contributed by atoms with Gasteiger partial charge in [0, 0.05) is 41.2 Å². The molecule has 1 aliphatic rings. The summed E-state index contributed by atoms with van der Waals surface area (Å²) in [5.41, 5.74) is 2.39. The van der Waals surface area contributed by atoms with Crippen LogP contribution in [0.4, 0.5) is 5.69 Å². The molecule has 5 heteroatoms. The topological polar surface area (TPSA) is 69.4 Å². The van der Waals surface area contributed by atoms with E-state index in [0.717, 1.165) is 22.6 Å². The van der Waals surface area contributed by atoms with E-state index >= 15 is 0 Å². The van der Waals surface area contributed by atoms with Crippen LogP contribution in [-0.2, 0) is 0 Å². The highest BCUT2D eigenvalue weighted by molar-refractivity contribution is 5.97. The first-order valence-corrected chi connectivity index (χ1v) is 8.27. The Balaban J connectivity index is 1.67. The number of hydrogen-bond donors (Lipinski definition) is 0. The van der Waals surface area contributed by atoms with Crippen LogP contribution in [0.1, 0.15) is 33.8 Å². The Kier molecular flexibility index (Phi) is 3.97. The minimum Gasteiger partial charge on any atom is -0.457 e. The zero-order chi connectivity index (χ0) is 18.1. The molecular weight excluding hydrogens is 330 g/mol. The quantitative estimate of drug-likeness (QED) is 0.374. The number of hydrogen-bond acceptors (Lipinski definition) is 4. The third kappa shape index (κ3) is 2.84. The van der Waals surface area contributed by atoms with Crippen molar-refractivity contribution < 1.29 is 14.5 Å². The van der Waals surface area contributed by atoms with Gasteiger partial charge < -0.3 is 4.74 Å². The number of ketones is 1. The summed E-state index contributed by atoms with van der Waals surface area (Å²) in [5.74, 6) is 1.34. The van der Waals surface area contributed by atoms with E-state index in [0.29, 0.717) is 5.56 Å². The van der Waals surface area contributed by atoms with Gasteiger partial charge in [0.2, 0.25) is 0 Å². The molecule has 0 aliphatic carbocycles. The fourth-order valence-electron chi connectivity index (χ4n) is 3.30. The first-order valence-electron chi connectivity index (χ1n) is 8.27. The van der Waals surface area contributed by atoms with Gasteiger partial charge in [0.15, 0.2) is 5.78 Å². The van der Waals surface area contributed by atoms with Crippen LogP contribution >= 0.6 is 0 Å². The lowest BCUT2D eigenvalue weighted by Crippen LogP contribution is -2.14. The number of carbonyl (C=O) groups excluding carboxylic acids is 1. The Morgan fingerprint density at radius 2 is 1.42 bits per heavy atom. The Morgan fingerprint density at radius 3 is 1.96 bits per heavy atom. The van der Waals surface area contributed by atoms with Gasteiger partial charge in [-0.1, -0.05) is 36.4 Å². The smallest absolute Gasteiger partial charge is 0.269 e. The molecule has 0 radical (unpaired) electrons. The summed E-state index contributed by atoms with van der Waals surface area (Å²) < 4.78 is 5.95. The molecule has 0 bridgehead atoms. The maximum absolute atomic E-state index is 12.8. The summed E-state index contributed by atoms with van der Waals surface area (Å²) in [5, 5.41) is 10.8. The fraction of sp³-hybridized carbons (Fsp3) is 0.0952. The van der Waals surface area contributed by atoms with Crippen molar-refractivity contribution in [1.82, 2.24) is 0 Å². The first kappa shape index (κ1) is 16.0. The number of para-hydroxylation sites is 2. The van der Waals surface area contributed by atoms with Crippen LogP contribution in [0.25, 0.3) is 0 Å². The maximum Gasteiger partial charge on any atom is 0.269 e. The zero-order valence-electron chi connectivity index (χ0n) is 13.8. The first-order chi connectivity index (χ1) is 12.6. The Hall–Kier alpha value is -3.47. The van der Waals surface area contributed by atoms with Gasteiger partial charge in [-0.05, 0) is 24.3 Å². The number of carbonyl (C=O) groups is 1. The third-order valence-corrected chi connectivity index (χ3v) is 4.60. The van der Waals surface area contributed by atoms with Gasteiger partial charge in [0.05, 0.1) is 4.92 Å². The zero-order valence-corrected chi connectivity index (χ0v) is 13.8. The fourth-order valence-corrected chi connectivity index (χ4v) is 3.30. The summed E-state index contributed by atoms with van der Waals surface area (Å²) in [6.07, 6.45) is 0.273. The van der Waals surface area contributed by atoms with Crippen molar-refractivity contribution in [3.8, 4) is 11.5 Å². The predicted molar refractivity (Wildman–Crippen MR) is 96.8 cm³/mol. The Bertz CT molecular complexity index is 949. The number of nitrogens with zero attached hydrogens (tertiary/aromatic N) is 1. The number of rotatable bonds is 4. The molecule has 0 N–H and O–H groups in total. The van der Waals surface area contributed by atoms with Gasteiger partial charge >= 0.3 is 0 Å². The lowest BCUT2D eigenvalue weighted by Gasteiger charge is -2.27. The largest absolute Gasteiger partial charge is 0.457 e. The van der Waals surface area contributed by atoms with E-state index in [9.17, 15) is 14.9 Å². The van der Waals surface area contributed by atoms with E-state index in [2.05, 4.69) is 0 Å². The predicted octanol–water partition coefficient (Wildman–Crippen LogP) is 5.11. The van der Waals surface area contributed by atoms with Gasteiger partial charge in [-0.3, -0.25) is 14.9 Å². The van der Waals surface area contributed by atoms with E-state index in [1.165, 1.54) is 24.3 Å². The maximum atomic E-state index is 12.8. The summed E-state index contributed by atoms with van der Waals surface area (Å²) in [6.45, 7) is 0. The average molecular weight is 345 g/mol. The third-order valence-electron chi connectivity index (χ3n) is 4.60. The van der Waals surface area contributed by atoms with Crippen LogP contribution in [0.2, 0.25) is 0 Å². The molecule has 0 aromatic heterocycles. The number of nitro benzene ring substituents is 1. The number of fused-ring (bicyclic) bond motifs is 2. The van der Waals surface area contributed by atoms with E-state index < -0.39 is 4.92 Å². The van der Waals surface area contributed by atoms with Gasteiger partial charge in [0.25, 0.3) is 5.69 Å². The van der Waals surface area contributed by atoms with Crippen LogP contribution in [0.5, 0.6) is 11.5 Å². The number of Topliss-reactive ketones (excluding diaryl/α,β-unsaturated/α-hetero) is 1. The molecule has 5 nitrogen and oxygen atoms in total. The molecule has 1 heterocycles. The SMILES string of the molecule is O=C(CC1c2ccccc2Oc2ccccc21)c1ccc([N+](=O)[O-])cc1. The van der Waals surface area contributed by atoms with Crippen LogP contribution in [-0.4, -0.2) is 10.7 Å². The van der Waals surface area contributed by atoms with Crippen molar-refractivity contribution in [2.24, 2.45) is 0 Å². The minimum atomic E-state index is -0.473. The molecule has 0 atom stereocenters. The lowest BCUT2D eigenvalue weighted by atomic mass is 9.83. The molecule has 0 saturated heterocycles. The second-order valence-electron chi connectivity index (χ2n) is 6.16. The Labute approximate surface area is 150 Å². The molecule has 0 spiro atoms. The Morgan fingerprint density at radius 1 is 0.885 bits per heavy atom. The van der Waals surface area contributed by atoms with Gasteiger partial charge in [-0.2, -0.15) is 0 Å². The van der Waals surface area contributed by atoms with Crippen molar-refractivity contribution in [2.45, 2.75) is 12.3 Å². The molecule has 3 aromatic rings. The standard InChI is InChI=1S/C21H15NO4/c23-19(14-9-11-15(12-10-14)22(24)25)13-18-16-5-1-3-7-20(16)26-21-8-4-2-6-17(18)21/h1-12,18H,13H2. The van der Waals surface area contributed by atoms with Crippen LogP contribution in [0, 0.1) is 10.1 Å². The molecule has 0 saturated carbocycles. The lowest BCUT2D eigenvalue weighted by molar-refractivity contribution is -0.384. The summed E-state index contributed by atoms with van der Waals surface area (Å²) in [4.78, 5) is 23.1. The van der Waals surface area contributed by atoms with Crippen molar-refractivity contribution in [3.63, 3.8) is 0 Å². The molecule has 1 aliphatic heterocycles. The molecule has 3 aromatic carbocycles. The number of non-ortho nitro benzene ring substituents is 1. The van der Waals surface area contributed by atoms with Crippen LogP contribution in [0.3, 0.4) is 0 Å². The van der Waals surface area contributed by atoms with Crippen LogP contribution < -0.4 is 4.74 Å². The molecular formula is C21H15NO4. The van der Waals surface area contributed by atoms with Gasteiger partial charge in [0.1, 0.15) is 11.5 Å². The second kappa shape index (κ2) is 6.44. The number of ether oxygens (including phenoxy) is 1. The monoisotopic (exact) mass is 345 g/mol. The highest BCUT2D eigenvalue weighted by Crippen LogP contribution is 2.45. The minimum absolute atomic E-state index is 0.0247. The number of nitro groups is 1. The highest BCUT2D eigenvalue weighted by atomic mass is 16.6. The summed E-state index contributed by atoms with van der Waals surface area (Å²) in [6, 6.07) is 21.2. The van der Waals surface area contributed by atoms with Crippen molar-refractivity contribution in [1.29, 1.82) is 0 Å². The summed E-state index contributed by atoms with van der Waals surface area (Å²) in [7, 11) is 0. The van der Waals surface area contributed by atoms with Crippen molar-refractivity contribution >= 4 is 11.5 Å². The van der Waals surface area contributed by atoms with Gasteiger partial charge in [-0.25, -0.2) is 0 Å². The molecule has 26 heavy (non-hydrogen) atoms. The van der Waals surface area contributed by atoms with Crippen molar-refractivity contribution in [2.75, 3.05) is 0 Å². The molecule has 128 valence electrons. The van der Waals surface area contributed by atoms with Gasteiger partial charge in [-0.15, -0.1) is 0 Å². The summed E-state index contributed by atoms with van der Waals surface area (Å²) >= 11 is 0. The molecule has 4 rings (SSSR count). The van der Waals surface area contributed by atoms with E-state index in [1.807, 2.05) is 48.5 Å². The van der Waals surface area contributed by atoms with E-state index in [-0.39, 0.29) is 23.8 Å². The second-order valence-corrected chi connectivity index (χ2v) is 6.16. The van der Waals surface area contributed by atoms with E-state index in [1.54, 1.807) is 0 Å². The van der Waals surface area contributed by atoms with E-state index in [4.69, 9.17) is 4.74 Å². The number of benzene rings is 3. The highest BCUT2D eigenvalue weighted by Gasteiger charge is 2.29.